The van der Waals surface area contributed by atoms with E-state index in [0.717, 1.165) is 0 Å². The topological polar surface area (TPSA) is 43.1 Å². The molecule has 0 bridgehead atoms. The molecule has 0 aromatic heterocycles. The molecule has 2 nitrogen and oxygen atoms in total. The SMILES string of the molecule is Cc1ccc(C(=O)C(N)CC(C)C)cc1F. The Balaban J connectivity index is 2.84. The number of nitrogens with two attached hydrogens (primary N) is 1. The van der Waals surface area contributed by atoms with Gasteiger partial charge in [0, 0.05) is 5.56 Å². The van der Waals surface area contributed by atoms with Crippen molar-refractivity contribution in [1.29, 1.82) is 0 Å². The van der Waals surface area contributed by atoms with E-state index >= 15 is 0 Å². The Morgan fingerprint density at radius 1 is 1.44 bits per heavy atom. The molecule has 0 spiro atoms. The summed E-state index contributed by atoms with van der Waals surface area (Å²) >= 11 is 0. The van der Waals surface area contributed by atoms with Crippen molar-refractivity contribution in [3.63, 3.8) is 0 Å². The number of ketones is 1. The van der Waals surface area contributed by atoms with Gasteiger partial charge in [0.2, 0.25) is 0 Å². The summed E-state index contributed by atoms with van der Waals surface area (Å²) < 4.78 is 13.3. The molecule has 0 radical (unpaired) electrons. The Labute approximate surface area is 95.7 Å². The molecule has 1 rings (SSSR count). The number of Topliss-reactive ketones (excluding diaryl/α,β-unsaturated/α-hetero) is 1. The Morgan fingerprint density at radius 2 is 2.06 bits per heavy atom. The standard InChI is InChI=1S/C13H18FNO/c1-8(2)6-12(15)13(16)10-5-4-9(3)11(14)7-10/h4-5,7-8,12H,6,15H2,1-3H3. The van der Waals surface area contributed by atoms with Gasteiger partial charge in [0.15, 0.2) is 5.78 Å². The summed E-state index contributed by atoms with van der Waals surface area (Å²) in [4.78, 5) is 11.9. The van der Waals surface area contributed by atoms with E-state index in [1.165, 1.54) is 6.07 Å². The maximum absolute atomic E-state index is 13.3. The first-order valence-corrected chi connectivity index (χ1v) is 5.47. The zero-order chi connectivity index (χ0) is 12.3. The minimum atomic E-state index is -0.540. The lowest BCUT2D eigenvalue weighted by Gasteiger charge is -2.13. The van der Waals surface area contributed by atoms with Gasteiger partial charge in [-0.3, -0.25) is 4.79 Å². The Bertz CT molecular complexity index is 388. The molecule has 1 atom stereocenters. The predicted octanol–water partition coefficient (Wildman–Crippen LogP) is 2.69. The van der Waals surface area contributed by atoms with Crippen molar-refractivity contribution in [2.24, 2.45) is 11.7 Å². The number of carbonyl (C=O) groups is 1. The summed E-state index contributed by atoms with van der Waals surface area (Å²) in [6, 6.07) is 3.95. The number of aryl methyl sites for hydroxylation is 1. The summed E-state index contributed by atoms with van der Waals surface area (Å²) in [5, 5.41) is 0. The van der Waals surface area contributed by atoms with Gasteiger partial charge in [0.1, 0.15) is 5.82 Å². The second kappa shape index (κ2) is 5.21. The van der Waals surface area contributed by atoms with Crippen molar-refractivity contribution in [3.05, 3.63) is 35.1 Å². The summed E-state index contributed by atoms with van der Waals surface area (Å²) in [7, 11) is 0. The first kappa shape index (κ1) is 12.8. The molecule has 0 aliphatic heterocycles. The van der Waals surface area contributed by atoms with Gasteiger partial charge >= 0.3 is 0 Å². The van der Waals surface area contributed by atoms with Gasteiger partial charge in [0.05, 0.1) is 6.04 Å². The number of carbonyl (C=O) groups excluding carboxylic acids is 1. The van der Waals surface area contributed by atoms with E-state index in [-0.39, 0.29) is 11.6 Å². The molecule has 0 aliphatic carbocycles. The van der Waals surface area contributed by atoms with Crippen LogP contribution in [0, 0.1) is 18.7 Å². The van der Waals surface area contributed by atoms with Gasteiger partial charge in [-0.15, -0.1) is 0 Å². The Hall–Kier alpha value is -1.22. The average molecular weight is 223 g/mol. The van der Waals surface area contributed by atoms with Crippen LogP contribution in [0.5, 0.6) is 0 Å². The lowest BCUT2D eigenvalue weighted by molar-refractivity contribution is 0.0950. The number of rotatable bonds is 4. The molecule has 0 aliphatic rings. The molecule has 1 aromatic carbocycles. The lowest BCUT2D eigenvalue weighted by atomic mass is 9.96. The van der Waals surface area contributed by atoms with Crippen molar-refractivity contribution in [3.8, 4) is 0 Å². The maximum Gasteiger partial charge on any atom is 0.179 e. The van der Waals surface area contributed by atoms with Crippen LogP contribution in [0.3, 0.4) is 0 Å². The van der Waals surface area contributed by atoms with Crippen LogP contribution in [0.25, 0.3) is 0 Å². The molecule has 88 valence electrons. The van der Waals surface area contributed by atoms with Gasteiger partial charge in [-0.1, -0.05) is 26.0 Å². The fraction of sp³-hybridized carbons (Fsp3) is 0.462. The molecule has 2 N–H and O–H groups in total. The third-order valence-electron chi connectivity index (χ3n) is 2.52. The van der Waals surface area contributed by atoms with Crippen LogP contribution >= 0.6 is 0 Å². The van der Waals surface area contributed by atoms with Crippen molar-refractivity contribution in [2.75, 3.05) is 0 Å². The van der Waals surface area contributed by atoms with E-state index < -0.39 is 6.04 Å². The van der Waals surface area contributed by atoms with Gasteiger partial charge in [-0.05, 0) is 30.9 Å². The lowest BCUT2D eigenvalue weighted by Crippen LogP contribution is -2.32. The smallest absolute Gasteiger partial charge is 0.179 e. The molecule has 1 aromatic rings. The molecule has 0 saturated carbocycles. The van der Waals surface area contributed by atoms with Gasteiger partial charge in [-0.25, -0.2) is 4.39 Å². The zero-order valence-corrected chi connectivity index (χ0v) is 9.96. The Morgan fingerprint density at radius 3 is 2.56 bits per heavy atom. The first-order chi connectivity index (χ1) is 7.41. The van der Waals surface area contributed by atoms with Crippen LogP contribution < -0.4 is 5.73 Å². The minimum Gasteiger partial charge on any atom is -0.321 e. The molecule has 0 heterocycles. The third-order valence-corrected chi connectivity index (χ3v) is 2.52. The number of hydrogen-bond donors (Lipinski definition) is 1. The molecule has 16 heavy (non-hydrogen) atoms. The summed E-state index contributed by atoms with van der Waals surface area (Å²) in [6.45, 7) is 5.67. The van der Waals surface area contributed by atoms with E-state index in [4.69, 9.17) is 5.73 Å². The first-order valence-electron chi connectivity index (χ1n) is 5.47. The molecular formula is C13H18FNO. The number of hydrogen-bond acceptors (Lipinski definition) is 2. The van der Waals surface area contributed by atoms with Crippen LogP contribution in [0.1, 0.15) is 36.2 Å². The Kier molecular flexibility index (Phi) is 4.19. The van der Waals surface area contributed by atoms with Crippen molar-refractivity contribution in [2.45, 2.75) is 33.2 Å². The second-order valence-electron chi connectivity index (χ2n) is 4.56. The van der Waals surface area contributed by atoms with Crippen LogP contribution in [0.4, 0.5) is 4.39 Å². The minimum absolute atomic E-state index is 0.187. The predicted molar refractivity (Wildman–Crippen MR) is 62.9 cm³/mol. The van der Waals surface area contributed by atoms with Crippen LogP contribution in [0.15, 0.2) is 18.2 Å². The summed E-state index contributed by atoms with van der Waals surface area (Å²) in [6.07, 6.45) is 0.619. The van der Waals surface area contributed by atoms with E-state index in [2.05, 4.69) is 0 Å². The fourth-order valence-corrected chi connectivity index (χ4v) is 1.58. The largest absolute Gasteiger partial charge is 0.321 e. The van der Waals surface area contributed by atoms with Crippen LogP contribution in [-0.4, -0.2) is 11.8 Å². The molecule has 1 unspecified atom stereocenters. The normalized spacial score (nSPS) is 12.9. The van der Waals surface area contributed by atoms with Crippen LogP contribution in [0.2, 0.25) is 0 Å². The number of benzene rings is 1. The quantitative estimate of drug-likeness (QED) is 0.797. The highest BCUT2D eigenvalue weighted by atomic mass is 19.1. The summed E-state index contributed by atoms with van der Waals surface area (Å²) in [5.74, 6) is -0.190. The van der Waals surface area contributed by atoms with E-state index in [1.807, 2.05) is 13.8 Å². The highest BCUT2D eigenvalue weighted by Gasteiger charge is 2.17. The second-order valence-corrected chi connectivity index (χ2v) is 4.56. The van der Waals surface area contributed by atoms with Crippen LogP contribution in [-0.2, 0) is 0 Å². The average Bonchev–Trinajstić information content (AvgIpc) is 2.20. The highest BCUT2D eigenvalue weighted by Crippen LogP contribution is 2.13. The molecule has 3 heteroatoms. The van der Waals surface area contributed by atoms with Crippen molar-refractivity contribution >= 4 is 5.78 Å². The van der Waals surface area contributed by atoms with Gasteiger partial charge < -0.3 is 5.73 Å². The van der Waals surface area contributed by atoms with Crippen molar-refractivity contribution < 1.29 is 9.18 Å². The summed E-state index contributed by atoms with van der Waals surface area (Å²) in [5.41, 5.74) is 6.66. The van der Waals surface area contributed by atoms with E-state index in [9.17, 15) is 9.18 Å². The highest BCUT2D eigenvalue weighted by molar-refractivity contribution is 6.00. The van der Waals surface area contributed by atoms with E-state index in [0.29, 0.717) is 23.5 Å². The van der Waals surface area contributed by atoms with Gasteiger partial charge in [-0.2, -0.15) is 0 Å². The van der Waals surface area contributed by atoms with Crippen molar-refractivity contribution in [1.82, 2.24) is 0 Å². The number of halogens is 1. The van der Waals surface area contributed by atoms with Gasteiger partial charge in [0.25, 0.3) is 0 Å². The maximum atomic E-state index is 13.3. The fourth-order valence-electron chi connectivity index (χ4n) is 1.58. The monoisotopic (exact) mass is 223 g/mol. The molecule has 0 fully saturated rings. The molecule has 0 saturated heterocycles. The molecule has 0 amide bonds. The third kappa shape index (κ3) is 3.14. The molecular weight excluding hydrogens is 205 g/mol. The zero-order valence-electron chi connectivity index (χ0n) is 9.96. The van der Waals surface area contributed by atoms with E-state index in [1.54, 1.807) is 19.1 Å².